The van der Waals surface area contributed by atoms with Gasteiger partial charge in [0.15, 0.2) is 5.82 Å². The predicted molar refractivity (Wildman–Crippen MR) is 111 cm³/mol. The summed E-state index contributed by atoms with van der Waals surface area (Å²) in [6, 6.07) is 13.2. The molecule has 3 aromatic carbocycles. The van der Waals surface area contributed by atoms with Crippen molar-refractivity contribution in [3.05, 3.63) is 88.8 Å². The molecule has 0 aliphatic rings. The van der Waals surface area contributed by atoms with Crippen LogP contribution >= 0.6 is 0 Å². The number of nitrogens with zero attached hydrogens (tertiary/aromatic N) is 3. The molecule has 1 amide bonds. The molecule has 4 aromatic rings. The van der Waals surface area contributed by atoms with Crippen molar-refractivity contribution in [2.45, 2.75) is 0 Å². The lowest BCUT2D eigenvalue weighted by molar-refractivity contribution is -0.729. The van der Waals surface area contributed by atoms with E-state index in [0.717, 1.165) is 6.07 Å². The van der Waals surface area contributed by atoms with Crippen LogP contribution in [-0.4, -0.2) is 31.0 Å². The summed E-state index contributed by atoms with van der Waals surface area (Å²) in [5.41, 5.74) is 0.977. The van der Waals surface area contributed by atoms with E-state index in [4.69, 9.17) is 5.21 Å². The Morgan fingerprint density at radius 2 is 1.81 bits per heavy atom. The molecule has 0 atom stereocenters. The van der Waals surface area contributed by atoms with Gasteiger partial charge >= 0.3 is 5.69 Å². The zero-order chi connectivity index (χ0) is 22.8. The van der Waals surface area contributed by atoms with Crippen molar-refractivity contribution in [2.75, 3.05) is 5.32 Å². The number of hydrogen-bond donors (Lipinski definition) is 3. The quantitative estimate of drug-likeness (QED) is 0.239. The minimum Gasteiger partial charge on any atom is -0.426 e. The topological polar surface area (TPSA) is 107 Å². The van der Waals surface area contributed by atoms with Crippen LogP contribution in [0, 0.1) is 16.5 Å². The van der Waals surface area contributed by atoms with E-state index in [1.807, 2.05) is 0 Å². The third kappa shape index (κ3) is 4.15. The molecule has 160 valence electrons. The average Bonchev–Trinajstić information content (AvgIpc) is 3.09. The lowest BCUT2D eigenvalue weighted by Crippen LogP contribution is -2.08. The van der Waals surface area contributed by atoms with E-state index in [0.29, 0.717) is 10.3 Å². The van der Waals surface area contributed by atoms with Gasteiger partial charge in [0, 0.05) is 23.9 Å². The second kappa shape index (κ2) is 8.26. The van der Waals surface area contributed by atoms with Gasteiger partial charge in [-0.25, -0.2) is 19.0 Å². The molecule has 0 saturated heterocycles. The lowest BCUT2D eigenvalue weighted by Gasteiger charge is -2.06. The first kappa shape index (κ1) is 20.7. The maximum atomic E-state index is 14.7. The van der Waals surface area contributed by atoms with Gasteiger partial charge in [-0.05, 0) is 48.0 Å². The van der Waals surface area contributed by atoms with Crippen LogP contribution in [-0.2, 0) is 4.79 Å². The highest BCUT2D eigenvalue weighted by Crippen LogP contribution is 2.29. The Hall–Kier alpha value is -4.60. The zero-order valence-electron chi connectivity index (χ0n) is 16.2. The summed E-state index contributed by atoms with van der Waals surface area (Å²) in [6.45, 7) is 0. The first-order valence-electron chi connectivity index (χ1n) is 9.24. The summed E-state index contributed by atoms with van der Waals surface area (Å²) < 4.78 is 28.2. The summed E-state index contributed by atoms with van der Waals surface area (Å²) in [5.74, 6) is -1.79. The second-order valence-electron chi connectivity index (χ2n) is 6.76. The third-order valence-corrected chi connectivity index (χ3v) is 4.61. The number of nitrogens with one attached hydrogen (secondary N) is 1. The third-order valence-electron chi connectivity index (χ3n) is 4.61. The Balaban J connectivity index is 1.55. The molecular formula is C22H15F2N4O4+. The smallest absolute Gasteiger partial charge is 0.318 e. The molecule has 3 N–H and O–H groups in total. The van der Waals surface area contributed by atoms with E-state index >= 15 is 0 Å². The summed E-state index contributed by atoms with van der Waals surface area (Å²) >= 11 is 0. The molecule has 0 fully saturated rings. The molecule has 1 aromatic heterocycles. The van der Waals surface area contributed by atoms with Crippen molar-refractivity contribution in [2.24, 2.45) is 0 Å². The molecule has 4 rings (SSSR count). The highest BCUT2D eigenvalue weighted by Gasteiger charge is 2.20. The molecule has 1 heterocycles. The van der Waals surface area contributed by atoms with Crippen molar-refractivity contribution < 1.29 is 28.9 Å². The first-order chi connectivity index (χ1) is 15.3. The van der Waals surface area contributed by atoms with Crippen molar-refractivity contribution in [3.63, 3.8) is 0 Å². The summed E-state index contributed by atoms with van der Waals surface area (Å²) in [6.07, 6.45) is 2.71. The van der Waals surface area contributed by atoms with Crippen molar-refractivity contribution >= 4 is 34.4 Å². The number of carbonyl (C=O) groups is 1. The fourth-order valence-corrected chi connectivity index (χ4v) is 3.05. The van der Waals surface area contributed by atoms with Crippen LogP contribution in [0.2, 0.25) is 0 Å². The molecule has 0 saturated carbocycles. The van der Waals surface area contributed by atoms with E-state index in [1.165, 1.54) is 66.7 Å². The van der Waals surface area contributed by atoms with Gasteiger partial charge in [-0.2, -0.15) is 4.73 Å². The Labute approximate surface area is 179 Å². The van der Waals surface area contributed by atoms with Gasteiger partial charge < -0.3 is 10.5 Å². The monoisotopic (exact) mass is 437 g/mol. The van der Waals surface area contributed by atoms with Gasteiger partial charge in [0.1, 0.15) is 17.2 Å². The van der Waals surface area contributed by atoms with Gasteiger partial charge in [0.05, 0.1) is 16.0 Å². The average molecular weight is 437 g/mol. The molecule has 8 nitrogen and oxygen atoms in total. The van der Waals surface area contributed by atoms with Gasteiger partial charge in [-0.1, -0.05) is 12.1 Å². The number of halogens is 2. The van der Waals surface area contributed by atoms with Crippen molar-refractivity contribution in [1.29, 1.82) is 0 Å². The number of imidazole rings is 1. The Morgan fingerprint density at radius 1 is 1.06 bits per heavy atom. The number of amides is 1. The molecule has 0 bridgehead atoms. The van der Waals surface area contributed by atoms with Crippen LogP contribution in [0.15, 0.2) is 66.7 Å². The van der Waals surface area contributed by atoms with Crippen LogP contribution < -0.4 is 5.32 Å². The fourth-order valence-electron chi connectivity index (χ4n) is 3.05. The molecule has 0 aliphatic carbocycles. The number of anilines is 1. The Kier molecular flexibility index (Phi) is 5.34. The largest absolute Gasteiger partial charge is 0.426 e. The molecule has 0 unspecified atom stereocenters. The minimum atomic E-state index is -0.760. The molecular weight excluding hydrogens is 422 g/mol. The van der Waals surface area contributed by atoms with E-state index in [2.05, 4.69) is 10.3 Å². The molecule has 0 spiro atoms. The second-order valence-corrected chi connectivity index (χ2v) is 6.76. The summed E-state index contributed by atoms with van der Waals surface area (Å²) in [7, 11) is 0. The van der Waals surface area contributed by atoms with Gasteiger partial charge in [0.25, 0.3) is 4.92 Å². The van der Waals surface area contributed by atoms with Gasteiger partial charge in [0.2, 0.25) is 5.91 Å². The van der Waals surface area contributed by atoms with Crippen LogP contribution in [0.1, 0.15) is 5.56 Å². The number of benzene rings is 3. The predicted octanol–water partition coefficient (Wildman–Crippen LogP) is 4.67. The molecule has 0 aliphatic heterocycles. The van der Waals surface area contributed by atoms with Gasteiger partial charge in [-0.15, -0.1) is 0 Å². The normalized spacial score (nSPS) is 11.2. The van der Waals surface area contributed by atoms with E-state index in [1.54, 1.807) is 0 Å². The Bertz CT molecular complexity index is 1380. The lowest BCUT2D eigenvalue weighted by atomic mass is 10.1. The number of aromatic nitrogens is 2. The number of fused-ring (bicyclic) bond motifs is 1. The van der Waals surface area contributed by atoms with Gasteiger partial charge in [-0.3, -0.25) is 4.79 Å². The van der Waals surface area contributed by atoms with E-state index in [9.17, 15) is 23.7 Å². The molecule has 0 radical (unpaired) electrons. The van der Waals surface area contributed by atoms with Crippen molar-refractivity contribution in [1.82, 2.24) is 9.71 Å². The standard InChI is InChI=1S/C22H14F2N4O4/c23-14-4-1-13(2-5-14)3-10-21(29)25-15-6-8-17(18(24)11-15)22-26-19-9-7-16(28(31)32)12-20(19)27(22)30/h1-12,30H,(H-,25,26,29,31,32)/p+1/b10-3+. The highest BCUT2D eigenvalue weighted by atomic mass is 19.1. The van der Waals surface area contributed by atoms with Crippen LogP contribution in [0.3, 0.4) is 0 Å². The fraction of sp³-hybridized carbons (Fsp3) is 0. The minimum absolute atomic E-state index is 0.0481. The zero-order valence-corrected chi connectivity index (χ0v) is 16.2. The molecule has 32 heavy (non-hydrogen) atoms. The number of hydrogen-bond acceptors (Lipinski definition) is 4. The van der Waals surface area contributed by atoms with E-state index < -0.39 is 11.7 Å². The highest BCUT2D eigenvalue weighted by molar-refractivity contribution is 6.02. The van der Waals surface area contributed by atoms with Crippen LogP contribution in [0.5, 0.6) is 0 Å². The number of rotatable bonds is 5. The van der Waals surface area contributed by atoms with E-state index in [-0.39, 0.29) is 44.5 Å². The maximum absolute atomic E-state index is 14.7. The van der Waals surface area contributed by atoms with Crippen LogP contribution in [0.4, 0.5) is 20.2 Å². The summed E-state index contributed by atoms with van der Waals surface area (Å²) in [4.78, 5) is 26.9. The summed E-state index contributed by atoms with van der Waals surface area (Å²) in [5, 5.41) is 21.9. The maximum Gasteiger partial charge on any atom is 0.318 e. The Morgan fingerprint density at radius 3 is 2.50 bits per heavy atom. The SMILES string of the molecule is O=C(/C=C/c1ccc(F)cc1)Nc1ccc(-c2nc3ccc([N+](=O)O)cc3n2O)c(F)c1. The first-order valence-corrected chi connectivity index (χ1v) is 9.24. The van der Waals surface area contributed by atoms with Crippen LogP contribution in [0.25, 0.3) is 28.5 Å². The molecule has 10 heteroatoms. The van der Waals surface area contributed by atoms with Crippen molar-refractivity contribution in [3.8, 4) is 11.4 Å². The number of carbonyl (C=O) groups excluding carboxylic acids is 1.